The molecule has 20 heavy (non-hydrogen) atoms. The largest absolute Gasteiger partial charge is 0.396 e. The van der Waals surface area contributed by atoms with E-state index in [9.17, 15) is 0 Å². The summed E-state index contributed by atoms with van der Waals surface area (Å²) < 4.78 is 0. The molecular weight excluding hydrogens is 248 g/mol. The van der Waals surface area contributed by atoms with Gasteiger partial charge in [0.25, 0.3) is 0 Å². The molecule has 0 aliphatic heterocycles. The summed E-state index contributed by atoms with van der Waals surface area (Å²) in [5, 5.41) is 17.4. The van der Waals surface area contributed by atoms with Crippen LogP contribution in [0.15, 0.2) is 0 Å². The molecule has 0 saturated heterocycles. The lowest BCUT2D eigenvalue weighted by Gasteiger charge is -2.24. The lowest BCUT2D eigenvalue weighted by Crippen LogP contribution is -2.11. The van der Waals surface area contributed by atoms with E-state index in [1.165, 1.54) is 70.6 Å². The van der Waals surface area contributed by atoms with E-state index in [1.807, 2.05) is 0 Å². The van der Waals surface area contributed by atoms with Gasteiger partial charge in [-0.2, -0.15) is 0 Å². The monoisotopic (exact) mass is 286 g/mol. The molecule has 2 N–H and O–H groups in total. The van der Waals surface area contributed by atoms with Crippen molar-refractivity contribution in [2.45, 2.75) is 97.3 Å². The second-order valence-electron chi connectivity index (χ2n) is 7.00. The zero-order chi connectivity index (χ0) is 15.1. The zero-order valence-electron chi connectivity index (χ0n) is 14.0. The molecule has 0 bridgehead atoms. The maximum atomic E-state index is 8.73. The molecule has 0 amide bonds. The zero-order valence-corrected chi connectivity index (χ0v) is 14.0. The van der Waals surface area contributed by atoms with E-state index in [2.05, 4.69) is 13.8 Å². The van der Waals surface area contributed by atoms with Crippen LogP contribution < -0.4 is 0 Å². The van der Waals surface area contributed by atoms with Gasteiger partial charge < -0.3 is 10.2 Å². The highest BCUT2D eigenvalue weighted by atomic mass is 16.3. The Morgan fingerprint density at radius 3 is 1.15 bits per heavy atom. The van der Waals surface area contributed by atoms with Crippen LogP contribution in [-0.4, -0.2) is 23.4 Å². The van der Waals surface area contributed by atoms with Crippen molar-refractivity contribution in [1.82, 2.24) is 0 Å². The molecule has 0 fully saturated rings. The minimum absolute atomic E-state index is 0.351. The third kappa shape index (κ3) is 14.3. The molecule has 122 valence electrons. The van der Waals surface area contributed by atoms with E-state index >= 15 is 0 Å². The van der Waals surface area contributed by atoms with Gasteiger partial charge in [0.2, 0.25) is 0 Å². The topological polar surface area (TPSA) is 40.5 Å². The van der Waals surface area contributed by atoms with Gasteiger partial charge in [-0.05, 0) is 31.1 Å². The van der Waals surface area contributed by atoms with Crippen LogP contribution >= 0.6 is 0 Å². The van der Waals surface area contributed by atoms with Crippen molar-refractivity contribution in [3.8, 4) is 0 Å². The molecule has 0 atom stereocenters. The molecule has 0 aromatic rings. The van der Waals surface area contributed by atoms with Gasteiger partial charge in [-0.3, -0.25) is 0 Å². The molecule has 0 aromatic carbocycles. The summed E-state index contributed by atoms with van der Waals surface area (Å²) in [6.07, 6.45) is 16.3. The van der Waals surface area contributed by atoms with E-state index in [0.717, 1.165) is 12.8 Å². The Morgan fingerprint density at radius 2 is 0.800 bits per heavy atom. The van der Waals surface area contributed by atoms with Crippen molar-refractivity contribution in [2.75, 3.05) is 13.2 Å². The second kappa shape index (κ2) is 13.9. The Bertz CT molecular complexity index is 190. The fourth-order valence-electron chi connectivity index (χ4n) is 2.79. The molecule has 0 spiro atoms. The van der Waals surface area contributed by atoms with Gasteiger partial charge in [-0.1, -0.05) is 71.6 Å². The third-order valence-corrected chi connectivity index (χ3v) is 4.27. The van der Waals surface area contributed by atoms with Crippen LogP contribution in [0.2, 0.25) is 0 Å². The van der Waals surface area contributed by atoms with Crippen LogP contribution in [0, 0.1) is 5.41 Å². The standard InChI is InChI=1S/C18H38O2/c1-18(2,15-11-7-5-9-13-17-20)14-10-6-3-4-8-12-16-19/h19-20H,3-17H2,1-2H3. The summed E-state index contributed by atoms with van der Waals surface area (Å²) in [7, 11) is 0. The molecule has 0 rings (SSSR count). The fraction of sp³-hybridized carbons (Fsp3) is 1.00. The van der Waals surface area contributed by atoms with Crippen LogP contribution in [0.25, 0.3) is 0 Å². The molecule has 0 aromatic heterocycles. The number of rotatable bonds is 15. The van der Waals surface area contributed by atoms with Crippen LogP contribution in [-0.2, 0) is 0 Å². The van der Waals surface area contributed by atoms with E-state index < -0.39 is 0 Å². The molecule has 0 saturated carbocycles. The lowest BCUT2D eigenvalue weighted by atomic mass is 9.82. The predicted octanol–water partition coefficient (Wildman–Crippen LogP) is 5.07. The number of aliphatic hydroxyl groups is 2. The van der Waals surface area contributed by atoms with Gasteiger partial charge >= 0.3 is 0 Å². The highest BCUT2D eigenvalue weighted by molar-refractivity contribution is 4.68. The highest BCUT2D eigenvalue weighted by Gasteiger charge is 2.16. The lowest BCUT2D eigenvalue weighted by molar-refractivity contribution is 0.271. The Hall–Kier alpha value is -0.0800. The van der Waals surface area contributed by atoms with E-state index in [0.29, 0.717) is 18.6 Å². The molecular formula is C18H38O2. The van der Waals surface area contributed by atoms with Crippen molar-refractivity contribution < 1.29 is 10.2 Å². The first-order valence-electron chi connectivity index (χ1n) is 8.84. The first-order valence-corrected chi connectivity index (χ1v) is 8.84. The fourth-order valence-corrected chi connectivity index (χ4v) is 2.79. The summed E-state index contributed by atoms with van der Waals surface area (Å²) >= 11 is 0. The Kier molecular flexibility index (Phi) is 13.8. The first-order chi connectivity index (χ1) is 9.62. The van der Waals surface area contributed by atoms with Crippen molar-refractivity contribution in [1.29, 1.82) is 0 Å². The number of aliphatic hydroxyl groups excluding tert-OH is 2. The summed E-state index contributed by atoms with van der Waals surface area (Å²) in [5.74, 6) is 0. The Balaban J connectivity index is 3.35. The molecule has 0 aliphatic rings. The van der Waals surface area contributed by atoms with Gasteiger partial charge in [0.05, 0.1) is 0 Å². The Labute approximate surface area is 127 Å². The summed E-state index contributed by atoms with van der Waals surface area (Å²) in [6, 6.07) is 0. The average Bonchev–Trinajstić information content (AvgIpc) is 2.41. The molecule has 0 radical (unpaired) electrons. The maximum absolute atomic E-state index is 8.73. The van der Waals surface area contributed by atoms with Gasteiger partial charge in [0, 0.05) is 13.2 Å². The van der Waals surface area contributed by atoms with Crippen molar-refractivity contribution in [3.63, 3.8) is 0 Å². The maximum Gasteiger partial charge on any atom is 0.0431 e. The van der Waals surface area contributed by atoms with Crippen molar-refractivity contribution in [3.05, 3.63) is 0 Å². The predicted molar refractivity (Wildman–Crippen MR) is 88.0 cm³/mol. The third-order valence-electron chi connectivity index (χ3n) is 4.27. The van der Waals surface area contributed by atoms with Crippen LogP contribution in [0.5, 0.6) is 0 Å². The molecule has 2 heteroatoms. The van der Waals surface area contributed by atoms with Gasteiger partial charge in [0.15, 0.2) is 0 Å². The highest BCUT2D eigenvalue weighted by Crippen LogP contribution is 2.30. The molecule has 2 nitrogen and oxygen atoms in total. The summed E-state index contributed by atoms with van der Waals surface area (Å²) in [4.78, 5) is 0. The van der Waals surface area contributed by atoms with Gasteiger partial charge in [-0.25, -0.2) is 0 Å². The Morgan fingerprint density at radius 1 is 0.500 bits per heavy atom. The van der Waals surface area contributed by atoms with Crippen molar-refractivity contribution in [2.24, 2.45) is 5.41 Å². The van der Waals surface area contributed by atoms with E-state index in [4.69, 9.17) is 10.2 Å². The molecule has 0 aliphatic carbocycles. The van der Waals surface area contributed by atoms with E-state index in [-0.39, 0.29) is 0 Å². The van der Waals surface area contributed by atoms with Gasteiger partial charge in [-0.15, -0.1) is 0 Å². The van der Waals surface area contributed by atoms with Gasteiger partial charge in [0.1, 0.15) is 0 Å². The SMILES string of the molecule is CC(C)(CCCCCCCO)CCCCCCCCO. The van der Waals surface area contributed by atoms with E-state index in [1.54, 1.807) is 0 Å². The first kappa shape index (κ1) is 19.9. The quantitative estimate of drug-likeness (QED) is 0.413. The number of unbranched alkanes of at least 4 members (excludes halogenated alkanes) is 9. The van der Waals surface area contributed by atoms with Crippen molar-refractivity contribution >= 4 is 0 Å². The minimum atomic E-state index is 0.351. The summed E-state index contributed by atoms with van der Waals surface area (Å²) in [6.45, 7) is 5.52. The average molecular weight is 286 g/mol. The molecule has 0 unspecified atom stereocenters. The molecule has 0 heterocycles. The normalized spacial score (nSPS) is 12.0. The minimum Gasteiger partial charge on any atom is -0.396 e. The smallest absolute Gasteiger partial charge is 0.0431 e. The van der Waals surface area contributed by atoms with Crippen LogP contribution in [0.4, 0.5) is 0 Å². The van der Waals surface area contributed by atoms with Crippen LogP contribution in [0.1, 0.15) is 97.3 Å². The van der Waals surface area contributed by atoms with Crippen LogP contribution in [0.3, 0.4) is 0 Å². The summed E-state index contributed by atoms with van der Waals surface area (Å²) in [5.41, 5.74) is 0.502. The second-order valence-corrected chi connectivity index (χ2v) is 7.00. The number of hydrogen-bond acceptors (Lipinski definition) is 2. The number of hydrogen-bond donors (Lipinski definition) is 2.